The molecule has 0 aliphatic carbocycles. The molecule has 2 aromatic carbocycles. The number of nitrogens with one attached hydrogen (secondary N) is 1. The summed E-state index contributed by atoms with van der Waals surface area (Å²) < 4.78 is 41.5. The predicted octanol–water partition coefficient (Wildman–Crippen LogP) is 5.55. The Morgan fingerprint density at radius 2 is 1.97 bits per heavy atom. The van der Waals surface area contributed by atoms with Crippen molar-refractivity contribution in [3.05, 3.63) is 71.4 Å². The van der Waals surface area contributed by atoms with Crippen molar-refractivity contribution < 1.29 is 22.7 Å². The summed E-state index contributed by atoms with van der Waals surface area (Å²) in [5.74, 6) is -0.753. The van der Waals surface area contributed by atoms with E-state index in [1.54, 1.807) is 6.07 Å². The van der Waals surface area contributed by atoms with Crippen LogP contribution in [0.1, 0.15) is 40.7 Å². The molecule has 1 N–H and O–H groups in total. The second-order valence-corrected chi connectivity index (χ2v) is 8.09. The van der Waals surface area contributed by atoms with E-state index in [9.17, 15) is 18.0 Å². The van der Waals surface area contributed by atoms with Crippen molar-refractivity contribution in [1.82, 2.24) is 9.88 Å². The second kappa shape index (κ2) is 7.57. The number of hydrogen-bond acceptors (Lipinski definition) is 3. The van der Waals surface area contributed by atoms with Crippen LogP contribution < -0.4 is 4.74 Å². The van der Waals surface area contributed by atoms with E-state index < -0.39 is 12.1 Å². The Labute approximate surface area is 177 Å². The number of H-pyrrole nitrogens is 1. The van der Waals surface area contributed by atoms with Crippen LogP contribution >= 0.6 is 0 Å². The van der Waals surface area contributed by atoms with Crippen molar-refractivity contribution in [3.63, 3.8) is 0 Å². The number of benzene rings is 2. The number of fused-ring (bicyclic) bond motifs is 2. The molecule has 1 atom stereocenters. The minimum Gasteiger partial charge on any atom is -0.406 e. The number of carbonyl (C=O) groups excluding carboxylic acids is 1. The number of nitrogens with zero attached hydrogens (tertiary/aromatic N) is 1. The first-order chi connectivity index (χ1) is 14.9. The standard InChI is InChI=1S/C24H21F3N2O2/c25-24(26,27)31-19-5-1-3-16(12-19)23(30)17-6-7-22-20(13-17)21(14-28-22)15-8-10-29-9-2-4-18(29)11-15/h1,3,5-8,12-14,18,28H,2,4,9-11H2. The van der Waals surface area contributed by atoms with Gasteiger partial charge >= 0.3 is 6.36 Å². The highest BCUT2D eigenvalue weighted by Gasteiger charge is 2.31. The molecule has 1 fully saturated rings. The molecule has 0 saturated carbocycles. The molecule has 2 aliphatic rings. The summed E-state index contributed by atoms with van der Waals surface area (Å²) in [7, 11) is 0. The highest BCUT2D eigenvalue weighted by molar-refractivity contribution is 6.11. The van der Waals surface area contributed by atoms with Crippen molar-refractivity contribution in [2.75, 3.05) is 13.1 Å². The molecule has 0 radical (unpaired) electrons. The Hall–Kier alpha value is -3.06. The van der Waals surface area contributed by atoms with Gasteiger partial charge in [-0.3, -0.25) is 9.69 Å². The molecule has 31 heavy (non-hydrogen) atoms. The summed E-state index contributed by atoms with van der Waals surface area (Å²) in [5.41, 5.74) is 3.87. The maximum Gasteiger partial charge on any atom is 0.573 e. The van der Waals surface area contributed by atoms with Crippen LogP contribution in [0.15, 0.2) is 54.7 Å². The fraction of sp³-hybridized carbons (Fsp3) is 0.292. The van der Waals surface area contributed by atoms with Crippen molar-refractivity contribution in [1.29, 1.82) is 0 Å². The van der Waals surface area contributed by atoms with Crippen molar-refractivity contribution in [3.8, 4) is 5.75 Å². The number of aromatic amines is 1. The molecule has 0 bridgehead atoms. The monoisotopic (exact) mass is 426 g/mol. The van der Waals surface area contributed by atoms with Crippen LogP contribution in [0.5, 0.6) is 5.75 Å². The minimum absolute atomic E-state index is 0.150. The zero-order valence-electron chi connectivity index (χ0n) is 16.7. The highest BCUT2D eigenvalue weighted by Crippen LogP contribution is 2.35. The lowest BCUT2D eigenvalue weighted by molar-refractivity contribution is -0.274. The Morgan fingerprint density at radius 1 is 1.13 bits per heavy atom. The molecule has 5 rings (SSSR count). The molecule has 7 heteroatoms. The van der Waals surface area contributed by atoms with Gasteiger partial charge in [0, 0.05) is 46.4 Å². The van der Waals surface area contributed by atoms with Crippen LogP contribution in [0.2, 0.25) is 0 Å². The van der Waals surface area contributed by atoms with Gasteiger partial charge in [-0.2, -0.15) is 0 Å². The van der Waals surface area contributed by atoms with E-state index in [-0.39, 0.29) is 11.3 Å². The molecule has 1 unspecified atom stereocenters. The van der Waals surface area contributed by atoms with Gasteiger partial charge in [-0.25, -0.2) is 0 Å². The Morgan fingerprint density at radius 3 is 2.81 bits per heavy atom. The third-order valence-corrected chi connectivity index (χ3v) is 6.15. The maximum absolute atomic E-state index is 13.0. The van der Waals surface area contributed by atoms with Gasteiger partial charge in [0.05, 0.1) is 0 Å². The quantitative estimate of drug-likeness (QED) is 0.557. The van der Waals surface area contributed by atoms with Crippen LogP contribution in [0.3, 0.4) is 0 Å². The zero-order chi connectivity index (χ0) is 21.6. The molecule has 4 nitrogen and oxygen atoms in total. The van der Waals surface area contributed by atoms with Crippen LogP contribution in [0, 0.1) is 0 Å². The Kier molecular flexibility index (Phi) is 4.85. The molecule has 3 aromatic rings. The number of ketones is 1. The summed E-state index contributed by atoms with van der Waals surface area (Å²) in [6, 6.07) is 11.1. The first kappa shape index (κ1) is 19.9. The number of ether oxygens (including phenoxy) is 1. The summed E-state index contributed by atoms with van der Waals surface area (Å²) in [5, 5.41) is 0.950. The molecular formula is C24H21F3N2O2. The van der Waals surface area contributed by atoms with E-state index in [1.807, 2.05) is 18.3 Å². The van der Waals surface area contributed by atoms with Gasteiger partial charge in [-0.15, -0.1) is 13.2 Å². The molecule has 2 aliphatic heterocycles. The largest absolute Gasteiger partial charge is 0.573 e. The topological polar surface area (TPSA) is 45.3 Å². The third kappa shape index (κ3) is 3.97. The predicted molar refractivity (Wildman–Crippen MR) is 112 cm³/mol. The molecular weight excluding hydrogens is 405 g/mol. The first-order valence-corrected chi connectivity index (χ1v) is 10.3. The van der Waals surface area contributed by atoms with Gasteiger partial charge < -0.3 is 9.72 Å². The van der Waals surface area contributed by atoms with Crippen LogP contribution in [-0.2, 0) is 0 Å². The van der Waals surface area contributed by atoms with Gasteiger partial charge in [0.2, 0.25) is 0 Å². The molecule has 0 spiro atoms. The average molecular weight is 426 g/mol. The molecule has 160 valence electrons. The van der Waals surface area contributed by atoms with Crippen molar-refractivity contribution >= 4 is 22.3 Å². The molecule has 0 amide bonds. The number of aromatic nitrogens is 1. The second-order valence-electron chi connectivity index (χ2n) is 8.09. The lowest BCUT2D eigenvalue weighted by atomic mass is 9.93. The number of halogens is 3. The number of hydrogen-bond donors (Lipinski definition) is 1. The van der Waals surface area contributed by atoms with E-state index in [1.165, 1.54) is 36.6 Å². The lowest BCUT2D eigenvalue weighted by Gasteiger charge is -2.29. The van der Waals surface area contributed by atoms with Gasteiger partial charge in [0.15, 0.2) is 5.78 Å². The van der Waals surface area contributed by atoms with Gasteiger partial charge in [0.25, 0.3) is 0 Å². The molecule has 3 heterocycles. The van der Waals surface area contributed by atoms with E-state index in [2.05, 4.69) is 20.7 Å². The highest BCUT2D eigenvalue weighted by atomic mass is 19.4. The first-order valence-electron chi connectivity index (χ1n) is 10.3. The maximum atomic E-state index is 13.0. The van der Waals surface area contributed by atoms with Crippen LogP contribution in [0.4, 0.5) is 13.2 Å². The third-order valence-electron chi connectivity index (χ3n) is 6.15. The van der Waals surface area contributed by atoms with E-state index >= 15 is 0 Å². The van der Waals surface area contributed by atoms with Gasteiger partial charge in [-0.1, -0.05) is 18.2 Å². The number of carbonyl (C=O) groups is 1. The Bertz CT molecular complexity index is 1180. The van der Waals surface area contributed by atoms with E-state index in [0.29, 0.717) is 11.6 Å². The van der Waals surface area contributed by atoms with Gasteiger partial charge in [0.1, 0.15) is 5.75 Å². The normalized spacial score (nSPS) is 19.3. The van der Waals surface area contributed by atoms with Gasteiger partial charge in [-0.05, 0) is 61.7 Å². The van der Waals surface area contributed by atoms with Crippen LogP contribution in [0.25, 0.3) is 16.5 Å². The van der Waals surface area contributed by atoms with Crippen LogP contribution in [-0.4, -0.2) is 41.2 Å². The average Bonchev–Trinajstić information content (AvgIpc) is 3.37. The summed E-state index contributed by atoms with van der Waals surface area (Å²) in [6.45, 7) is 2.09. The van der Waals surface area contributed by atoms with Crippen molar-refractivity contribution in [2.45, 2.75) is 31.7 Å². The van der Waals surface area contributed by atoms with Crippen molar-refractivity contribution in [2.24, 2.45) is 0 Å². The molecule has 1 saturated heterocycles. The fourth-order valence-electron chi connectivity index (χ4n) is 4.68. The van der Waals surface area contributed by atoms with E-state index in [0.717, 1.165) is 42.0 Å². The number of rotatable bonds is 4. The smallest absolute Gasteiger partial charge is 0.406 e. The van der Waals surface area contributed by atoms with E-state index in [4.69, 9.17) is 0 Å². The fourth-order valence-corrected chi connectivity index (χ4v) is 4.68. The number of alkyl halides is 3. The molecule has 1 aromatic heterocycles. The summed E-state index contributed by atoms with van der Waals surface area (Å²) in [6.07, 6.45) is 2.87. The Balaban J connectivity index is 1.46. The summed E-state index contributed by atoms with van der Waals surface area (Å²) in [4.78, 5) is 18.8. The minimum atomic E-state index is -4.80. The lowest BCUT2D eigenvalue weighted by Crippen LogP contribution is -2.32. The zero-order valence-corrected chi connectivity index (χ0v) is 16.7. The SMILES string of the molecule is O=C(c1cccc(OC(F)(F)F)c1)c1ccc2[nH]cc(C3=CCN4CCCC4C3)c2c1. The summed E-state index contributed by atoms with van der Waals surface area (Å²) >= 11 is 0.